The molecule has 0 aromatic heterocycles. The molecule has 1 heterocycles. The van der Waals surface area contributed by atoms with Gasteiger partial charge >= 0.3 is 0 Å². The van der Waals surface area contributed by atoms with Crippen molar-refractivity contribution in [3.8, 4) is 0 Å². The van der Waals surface area contributed by atoms with Crippen LogP contribution in [0.15, 0.2) is 0 Å². The van der Waals surface area contributed by atoms with Crippen molar-refractivity contribution >= 4 is 5.97 Å². The van der Waals surface area contributed by atoms with Crippen molar-refractivity contribution in [3.05, 3.63) is 0 Å². The molecule has 0 aliphatic carbocycles. The summed E-state index contributed by atoms with van der Waals surface area (Å²) < 4.78 is 0. The molecular formula is C13H27NO2. The molecule has 0 aromatic rings. The molecule has 1 atom stereocenters. The number of nitrogens with zero attached hydrogens (tertiary/aromatic N) is 1. The molecule has 1 rings (SSSR count). The summed E-state index contributed by atoms with van der Waals surface area (Å²) in [5.41, 5.74) is 0. The molecule has 16 heavy (non-hydrogen) atoms. The van der Waals surface area contributed by atoms with Gasteiger partial charge in [-0.25, -0.2) is 0 Å². The second-order valence-corrected chi connectivity index (χ2v) is 4.62. The van der Waals surface area contributed by atoms with Crippen LogP contribution >= 0.6 is 0 Å². The van der Waals surface area contributed by atoms with Gasteiger partial charge in [0.05, 0.1) is 0 Å². The highest BCUT2D eigenvalue weighted by Crippen LogP contribution is 2.21. The minimum Gasteiger partial charge on any atom is -0.481 e. The topological polar surface area (TPSA) is 40.5 Å². The van der Waals surface area contributed by atoms with E-state index in [1.165, 1.54) is 51.7 Å². The number of aliphatic carboxylic acids is 1. The van der Waals surface area contributed by atoms with Crippen molar-refractivity contribution in [1.29, 1.82) is 0 Å². The Bertz CT molecular complexity index is 179. The summed E-state index contributed by atoms with van der Waals surface area (Å²) in [4.78, 5) is 11.6. The van der Waals surface area contributed by atoms with Gasteiger partial charge in [0.15, 0.2) is 0 Å². The Labute approximate surface area is 99.8 Å². The summed E-state index contributed by atoms with van der Waals surface area (Å²) in [7, 11) is 0. The van der Waals surface area contributed by atoms with Gasteiger partial charge in [-0.1, -0.05) is 26.7 Å². The van der Waals surface area contributed by atoms with Crippen LogP contribution in [0.5, 0.6) is 0 Å². The summed E-state index contributed by atoms with van der Waals surface area (Å²) in [5, 5.41) is 7.42. The zero-order valence-electron chi connectivity index (χ0n) is 11.0. The highest BCUT2D eigenvalue weighted by atomic mass is 16.4. The van der Waals surface area contributed by atoms with E-state index in [2.05, 4.69) is 18.7 Å². The average Bonchev–Trinajstić information content (AvgIpc) is 2.62. The van der Waals surface area contributed by atoms with Crippen molar-refractivity contribution in [2.75, 3.05) is 19.6 Å². The zero-order valence-corrected chi connectivity index (χ0v) is 11.0. The number of carboxylic acid groups (broad SMARTS) is 1. The number of carboxylic acids is 1. The fourth-order valence-corrected chi connectivity index (χ4v) is 2.16. The third-order valence-corrected chi connectivity index (χ3v) is 2.88. The molecule has 1 saturated heterocycles. The van der Waals surface area contributed by atoms with Gasteiger partial charge in [0.25, 0.3) is 5.97 Å². The molecule has 1 aliphatic heterocycles. The standard InChI is InChI=1S/C11H23N.C2H4O2/c1-3-5-6-11-7-9-12(10-11)8-4-2;1-2(3)4/h11H,3-10H2,1-2H3;1H3,(H,3,4). The smallest absolute Gasteiger partial charge is 0.300 e. The summed E-state index contributed by atoms with van der Waals surface area (Å²) in [5.74, 6) is 0.191. The molecule has 1 N–H and O–H groups in total. The van der Waals surface area contributed by atoms with Gasteiger partial charge in [0.2, 0.25) is 0 Å². The van der Waals surface area contributed by atoms with Gasteiger partial charge in [-0.2, -0.15) is 0 Å². The SMILES string of the molecule is CC(=O)O.CCCCC1CCN(CCC)C1. The molecular weight excluding hydrogens is 202 g/mol. The maximum absolute atomic E-state index is 9.00. The summed E-state index contributed by atoms with van der Waals surface area (Å²) in [6, 6.07) is 0. The lowest BCUT2D eigenvalue weighted by molar-refractivity contribution is -0.134. The Hall–Kier alpha value is -0.570. The largest absolute Gasteiger partial charge is 0.481 e. The average molecular weight is 229 g/mol. The van der Waals surface area contributed by atoms with Gasteiger partial charge in [0.1, 0.15) is 0 Å². The van der Waals surface area contributed by atoms with Crippen molar-refractivity contribution in [1.82, 2.24) is 4.90 Å². The number of unbranched alkanes of at least 4 members (excludes halogenated alkanes) is 1. The van der Waals surface area contributed by atoms with Crippen LogP contribution in [0.2, 0.25) is 0 Å². The van der Waals surface area contributed by atoms with Crippen LogP contribution in [0.4, 0.5) is 0 Å². The Morgan fingerprint density at radius 2 is 2.00 bits per heavy atom. The van der Waals surface area contributed by atoms with Gasteiger partial charge in [-0.05, 0) is 38.3 Å². The lowest BCUT2D eigenvalue weighted by Gasteiger charge is -2.14. The Morgan fingerprint density at radius 1 is 1.38 bits per heavy atom. The molecule has 1 unspecified atom stereocenters. The number of likely N-dealkylation sites (tertiary alicyclic amines) is 1. The lowest BCUT2D eigenvalue weighted by atomic mass is 10.0. The number of rotatable bonds is 5. The van der Waals surface area contributed by atoms with Crippen LogP contribution in [-0.2, 0) is 4.79 Å². The maximum Gasteiger partial charge on any atom is 0.300 e. The lowest BCUT2D eigenvalue weighted by Crippen LogP contribution is -2.21. The first-order chi connectivity index (χ1) is 7.60. The van der Waals surface area contributed by atoms with Gasteiger partial charge in [-0.3, -0.25) is 4.79 Å². The predicted octanol–water partition coefficient (Wildman–Crippen LogP) is 3.00. The molecule has 3 nitrogen and oxygen atoms in total. The fourth-order valence-electron chi connectivity index (χ4n) is 2.16. The predicted molar refractivity (Wildman–Crippen MR) is 67.7 cm³/mol. The third-order valence-electron chi connectivity index (χ3n) is 2.88. The van der Waals surface area contributed by atoms with Crippen LogP contribution in [0, 0.1) is 5.92 Å². The Balaban J connectivity index is 0.000000487. The van der Waals surface area contributed by atoms with Crippen molar-refractivity contribution in [2.24, 2.45) is 5.92 Å². The number of hydrogen-bond acceptors (Lipinski definition) is 2. The monoisotopic (exact) mass is 229 g/mol. The van der Waals surface area contributed by atoms with E-state index in [1.54, 1.807) is 0 Å². The van der Waals surface area contributed by atoms with Gasteiger partial charge < -0.3 is 10.0 Å². The molecule has 96 valence electrons. The first-order valence-electron chi connectivity index (χ1n) is 6.52. The Kier molecular flexibility index (Phi) is 9.30. The molecule has 1 aliphatic rings. The van der Waals surface area contributed by atoms with Crippen molar-refractivity contribution < 1.29 is 9.90 Å². The van der Waals surface area contributed by atoms with Crippen LogP contribution in [0.1, 0.15) is 52.9 Å². The van der Waals surface area contributed by atoms with Crippen molar-refractivity contribution in [3.63, 3.8) is 0 Å². The molecule has 1 fully saturated rings. The quantitative estimate of drug-likeness (QED) is 0.788. The molecule has 0 amide bonds. The van der Waals surface area contributed by atoms with E-state index >= 15 is 0 Å². The molecule has 3 heteroatoms. The number of hydrogen-bond donors (Lipinski definition) is 1. The Morgan fingerprint density at radius 3 is 2.50 bits per heavy atom. The minimum atomic E-state index is -0.833. The van der Waals surface area contributed by atoms with E-state index in [0.29, 0.717) is 0 Å². The molecule has 0 radical (unpaired) electrons. The van der Waals surface area contributed by atoms with E-state index < -0.39 is 5.97 Å². The second-order valence-electron chi connectivity index (χ2n) is 4.62. The molecule has 0 aromatic carbocycles. The molecule has 0 saturated carbocycles. The maximum atomic E-state index is 9.00. The first kappa shape index (κ1) is 15.4. The fraction of sp³-hybridized carbons (Fsp3) is 0.923. The van der Waals surface area contributed by atoms with Crippen LogP contribution in [-0.4, -0.2) is 35.6 Å². The zero-order chi connectivity index (χ0) is 12.4. The highest BCUT2D eigenvalue weighted by molar-refractivity contribution is 5.62. The molecule has 0 spiro atoms. The molecule has 0 bridgehead atoms. The summed E-state index contributed by atoms with van der Waals surface area (Å²) in [6.07, 6.45) is 7.05. The highest BCUT2D eigenvalue weighted by Gasteiger charge is 2.20. The van der Waals surface area contributed by atoms with Crippen molar-refractivity contribution in [2.45, 2.75) is 52.9 Å². The van der Waals surface area contributed by atoms with E-state index in [1.807, 2.05) is 0 Å². The number of carbonyl (C=O) groups is 1. The van der Waals surface area contributed by atoms with Crippen LogP contribution < -0.4 is 0 Å². The first-order valence-corrected chi connectivity index (χ1v) is 6.52. The van der Waals surface area contributed by atoms with E-state index in [-0.39, 0.29) is 0 Å². The van der Waals surface area contributed by atoms with Crippen LogP contribution in [0.3, 0.4) is 0 Å². The third kappa shape index (κ3) is 8.72. The van der Waals surface area contributed by atoms with E-state index in [0.717, 1.165) is 12.8 Å². The van der Waals surface area contributed by atoms with E-state index in [9.17, 15) is 0 Å². The second kappa shape index (κ2) is 9.64. The van der Waals surface area contributed by atoms with Gasteiger partial charge in [-0.15, -0.1) is 0 Å². The van der Waals surface area contributed by atoms with Crippen LogP contribution in [0.25, 0.3) is 0 Å². The normalized spacial score (nSPS) is 20.3. The summed E-state index contributed by atoms with van der Waals surface area (Å²) >= 11 is 0. The summed E-state index contributed by atoms with van der Waals surface area (Å²) in [6.45, 7) is 9.72. The van der Waals surface area contributed by atoms with E-state index in [4.69, 9.17) is 9.90 Å². The minimum absolute atomic E-state index is 0.833. The van der Waals surface area contributed by atoms with Gasteiger partial charge in [0, 0.05) is 13.5 Å².